The van der Waals surface area contributed by atoms with E-state index in [0.29, 0.717) is 24.7 Å². The van der Waals surface area contributed by atoms with Gasteiger partial charge in [0, 0.05) is 19.6 Å². The second-order valence-corrected chi connectivity index (χ2v) is 7.84. The zero-order chi connectivity index (χ0) is 22.6. The second-order valence-electron chi connectivity index (χ2n) is 7.84. The van der Waals surface area contributed by atoms with Crippen molar-refractivity contribution in [1.29, 1.82) is 0 Å². The van der Waals surface area contributed by atoms with Crippen molar-refractivity contribution < 1.29 is 19.3 Å². The van der Waals surface area contributed by atoms with Gasteiger partial charge in [0.1, 0.15) is 25.1 Å². The van der Waals surface area contributed by atoms with Crippen molar-refractivity contribution in [3.05, 3.63) is 53.6 Å². The van der Waals surface area contributed by atoms with Gasteiger partial charge >= 0.3 is 0 Å². The van der Waals surface area contributed by atoms with Gasteiger partial charge in [-0.05, 0) is 56.9 Å². The normalized spacial score (nSPS) is 12.3. The quantitative estimate of drug-likeness (QED) is 0.494. The number of aliphatic hydroxyl groups is 1. The van der Waals surface area contributed by atoms with E-state index in [1.807, 2.05) is 30.3 Å². The Morgan fingerprint density at radius 1 is 0.968 bits per heavy atom. The van der Waals surface area contributed by atoms with Crippen LogP contribution in [0.4, 0.5) is 0 Å². The summed E-state index contributed by atoms with van der Waals surface area (Å²) in [4.78, 5) is 4.38. The fraction of sp³-hybridized carbons (Fsp3) is 0.520. The van der Waals surface area contributed by atoms with Crippen molar-refractivity contribution in [3.63, 3.8) is 0 Å². The molecule has 31 heavy (non-hydrogen) atoms. The van der Waals surface area contributed by atoms with E-state index in [-0.39, 0.29) is 6.61 Å². The molecule has 0 amide bonds. The van der Waals surface area contributed by atoms with Crippen molar-refractivity contribution >= 4 is 0 Å². The summed E-state index contributed by atoms with van der Waals surface area (Å²) in [5.41, 5.74) is 2.34. The van der Waals surface area contributed by atoms with Gasteiger partial charge in [-0.3, -0.25) is 4.90 Å². The number of nitrogens with zero attached hydrogens (tertiary/aromatic N) is 2. The number of hydrogen-bond donors (Lipinski definition) is 1. The molecule has 0 fully saturated rings. The molecule has 6 nitrogen and oxygen atoms in total. The first-order chi connectivity index (χ1) is 14.9. The molecule has 0 aliphatic heterocycles. The molecule has 0 saturated carbocycles. The van der Waals surface area contributed by atoms with Crippen LogP contribution in [-0.4, -0.2) is 74.6 Å². The number of hydrogen-bond acceptors (Lipinski definition) is 6. The van der Waals surface area contributed by atoms with Crippen molar-refractivity contribution in [2.75, 3.05) is 53.6 Å². The van der Waals surface area contributed by atoms with E-state index in [2.05, 4.69) is 49.8 Å². The molecule has 0 aliphatic carbocycles. The summed E-state index contributed by atoms with van der Waals surface area (Å²) in [6, 6.07) is 14.0. The van der Waals surface area contributed by atoms with Crippen LogP contribution in [0, 0.1) is 6.92 Å². The monoisotopic (exact) mass is 430 g/mol. The van der Waals surface area contributed by atoms with Crippen LogP contribution >= 0.6 is 0 Å². The van der Waals surface area contributed by atoms with Crippen LogP contribution in [0.15, 0.2) is 42.5 Å². The summed E-state index contributed by atoms with van der Waals surface area (Å²) in [6.07, 6.45) is -0.546. The fourth-order valence-corrected chi connectivity index (χ4v) is 3.30. The highest BCUT2D eigenvalue weighted by molar-refractivity contribution is 5.43. The molecule has 2 aromatic rings. The summed E-state index contributed by atoms with van der Waals surface area (Å²) in [6.45, 7) is 11.1. The van der Waals surface area contributed by atoms with E-state index in [4.69, 9.17) is 14.2 Å². The SMILES string of the molecule is CCN(CC)C[C@H](O)COc1cc(CN(C)CCOc2ccc(C)cc2)ccc1OC. The lowest BCUT2D eigenvalue weighted by Gasteiger charge is -2.22. The number of rotatable bonds is 14. The maximum atomic E-state index is 10.3. The minimum atomic E-state index is -0.546. The third kappa shape index (κ3) is 8.77. The van der Waals surface area contributed by atoms with Gasteiger partial charge in [-0.1, -0.05) is 37.6 Å². The fourth-order valence-electron chi connectivity index (χ4n) is 3.30. The number of methoxy groups -OCH3 is 1. The second kappa shape index (κ2) is 13.2. The highest BCUT2D eigenvalue weighted by Crippen LogP contribution is 2.28. The Labute approximate surface area is 187 Å². The molecule has 0 aliphatic rings. The first kappa shape index (κ1) is 25.0. The first-order valence-electron chi connectivity index (χ1n) is 11.0. The van der Waals surface area contributed by atoms with Gasteiger partial charge < -0.3 is 24.2 Å². The van der Waals surface area contributed by atoms with E-state index in [1.54, 1.807) is 7.11 Å². The zero-order valence-electron chi connectivity index (χ0n) is 19.6. The molecular weight excluding hydrogens is 392 g/mol. The number of aliphatic hydroxyl groups excluding tert-OH is 1. The molecule has 2 rings (SSSR count). The number of likely N-dealkylation sites (N-methyl/N-ethyl adjacent to an activating group) is 2. The molecule has 0 unspecified atom stereocenters. The summed E-state index contributed by atoms with van der Waals surface area (Å²) in [7, 11) is 3.69. The Morgan fingerprint density at radius 3 is 2.32 bits per heavy atom. The van der Waals surface area contributed by atoms with Gasteiger partial charge in [0.05, 0.1) is 7.11 Å². The molecule has 0 heterocycles. The Kier molecular flexibility index (Phi) is 10.6. The lowest BCUT2D eigenvalue weighted by molar-refractivity contribution is 0.0705. The topological polar surface area (TPSA) is 54.4 Å². The molecule has 0 radical (unpaired) electrons. The zero-order valence-corrected chi connectivity index (χ0v) is 19.6. The largest absolute Gasteiger partial charge is 0.493 e. The average Bonchev–Trinajstić information content (AvgIpc) is 2.77. The molecule has 0 aromatic heterocycles. The van der Waals surface area contributed by atoms with Gasteiger partial charge in [-0.2, -0.15) is 0 Å². The van der Waals surface area contributed by atoms with Crippen LogP contribution in [0.25, 0.3) is 0 Å². The minimum absolute atomic E-state index is 0.233. The van der Waals surface area contributed by atoms with E-state index >= 15 is 0 Å². The molecule has 2 aromatic carbocycles. The molecule has 172 valence electrons. The number of ether oxygens (including phenoxy) is 3. The Balaban J connectivity index is 1.86. The van der Waals surface area contributed by atoms with Gasteiger partial charge in [-0.25, -0.2) is 0 Å². The van der Waals surface area contributed by atoms with Crippen LogP contribution in [-0.2, 0) is 6.54 Å². The average molecular weight is 431 g/mol. The molecule has 1 atom stereocenters. The molecule has 1 N–H and O–H groups in total. The summed E-state index contributed by atoms with van der Waals surface area (Å²) < 4.78 is 17.2. The van der Waals surface area contributed by atoms with Gasteiger partial charge in [0.2, 0.25) is 0 Å². The van der Waals surface area contributed by atoms with Crippen molar-refractivity contribution in [2.24, 2.45) is 0 Å². The Bertz CT molecular complexity index is 763. The lowest BCUT2D eigenvalue weighted by Crippen LogP contribution is -2.35. The van der Waals surface area contributed by atoms with Gasteiger partial charge in [0.15, 0.2) is 11.5 Å². The van der Waals surface area contributed by atoms with Crippen molar-refractivity contribution in [3.8, 4) is 17.2 Å². The van der Waals surface area contributed by atoms with Crippen LogP contribution in [0.3, 0.4) is 0 Å². The van der Waals surface area contributed by atoms with Crippen molar-refractivity contribution in [1.82, 2.24) is 9.80 Å². The van der Waals surface area contributed by atoms with E-state index < -0.39 is 6.10 Å². The predicted octanol–water partition coefficient (Wildman–Crippen LogP) is 3.60. The maximum absolute atomic E-state index is 10.3. The lowest BCUT2D eigenvalue weighted by atomic mass is 10.2. The van der Waals surface area contributed by atoms with Crippen molar-refractivity contribution in [2.45, 2.75) is 33.4 Å². The molecule has 0 spiro atoms. The molecular formula is C25H38N2O4. The van der Waals surface area contributed by atoms with Gasteiger partial charge in [-0.15, -0.1) is 0 Å². The van der Waals surface area contributed by atoms with Crippen LogP contribution in [0.1, 0.15) is 25.0 Å². The highest BCUT2D eigenvalue weighted by atomic mass is 16.5. The third-order valence-electron chi connectivity index (χ3n) is 5.24. The van der Waals surface area contributed by atoms with E-state index in [1.165, 1.54) is 5.56 Å². The third-order valence-corrected chi connectivity index (χ3v) is 5.24. The highest BCUT2D eigenvalue weighted by Gasteiger charge is 2.13. The van der Waals surface area contributed by atoms with E-state index in [0.717, 1.165) is 37.5 Å². The Morgan fingerprint density at radius 2 is 1.68 bits per heavy atom. The molecule has 6 heteroatoms. The van der Waals surface area contributed by atoms with Crippen LogP contribution in [0.5, 0.6) is 17.2 Å². The van der Waals surface area contributed by atoms with Crippen LogP contribution in [0.2, 0.25) is 0 Å². The molecule has 0 bridgehead atoms. The number of benzene rings is 2. The summed E-state index contributed by atoms with van der Waals surface area (Å²) in [5, 5.41) is 10.3. The molecule has 0 saturated heterocycles. The number of aryl methyl sites for hydroxylation is 1. The van der Waals surface area contributed by atoms with Crippen LogP contribution < -0.4 is 14.2 Å². The Hall–Kier alpha value is -2.28. The maximum Gasteiger partial charge on any atom is 0.161 e. The first-order valence-corrected chi connectivity index (χ1v) is 11.0. The summed E-state index contributed by atoms with van der Waals surface area (Å²) >= 11 is 0. The minimum Gasteiger partial charge on any atom is -0.493 e. The predicted molar refractivity (Wildman–Crippen MR) is 125 cm³/mol. The van der Waals surface area contributed by atoms with Gasteiger partial charge in [0.25, 0.3) is 0 Å². The van der Waals surface area contributed by atoms with E-state index in [9.17, 15) is 5.11 Å². The summed E-state index contributed by atoms with van der Waals surface area (Å²) in [5.74, 6) is 2.22. The smallest absolute Gasteiger partial charge is 0.161 e. The standard InChI is InChI=1S/C25H38N2O4/c1-6-27(7-2)18-22(28)19-31-25-16-21(10-13-24(25)29-5)17-26(4)14-15-30-23-11-8-20(3)9-12-23/h8-13,16,22,28H,6-7,14-15,17-19H2,1-5H3/t22-/m0/s1.